The van der Waals surface area contributed by atoms with Gasteiger partial charge < -0.3 is 5.32 Å². The summed E-state index contributed by atoms with van der Waals surface area (Å²) in [5, 5.41) is 10.8. The van der Waals surface area contributed by atoms with Gasteiger partial charge >= 0.3 is 12.4 Å². The van der Waals surface area contributed by atoms with Crippen LogP contribution in [0.5, 0.6) is 0 Å². The third kappa shape index (κ3) is 6.96. The van der Waals surface area contributed by atoms with E-state index in [1.807, 2.05) is 6.07 Å². The fourth-order valence-electron chi connectivity index (χ4n) is 2.42. The van der Waals surface area contributed by atoms with Gasteiger partial charge in [0.15, 0.2) is 0 Å². The van der Waals surface area contributed by atoms with Gasteiger partial charge in [0.25, 0.3) is 0 Å². The maximum Gasteiger partial charge on any atom is 0.401 e. The minimum atomic E-state index is -4.41. The second kappa shape index (κ2) is 6.63. The van der Waals surface area contributed by atoms with E-state index in [2.05, 4.69) is 5.32 Å². The molecule has 1 saturated heterocycles. The van der Waals surface area contributed by atoms with Crippen molar-refractivity contribution in [1.29, 1.82) is 5.26 Å². The van der Waals surface area contributed by atoms with Crippen LogP contribution >= 0.6 is 0 Å². The Morgan fingerprint density at radius 3 is 2.25 bits per heavy atom. The lowest BCUT2D eigenvalue weighted by molar-refractivity contribution is -0.150. The Balaban J connectivity index is 2.59. The summed E-state index contributed by atoms with van der Waals surface area (Å²) < 4.78 is 73.5. The van der Waals surface area contributed by atoms with Crippen LogP contribution in [0.25, 0.3) is 0 Å². The minimum absolute atomic E-state index is 0.0253. The van der Waals surface area contributed by atoms with Gasteiger partial charge in [-0.3, -0.25) is 4.90 Å². The first kappa shape index (κ1) is 17.0. The molecule has 0 aromatic heterocycles. The van der Waals surface area contributed by atoms with Gasteiger partial charge in [0, 0.05) is 25.6 Å². The molecule has 2 atom stereocenters. The summed E-state index contributed by atoms with van der Waals surface area (Å²) in [6, 6.07) is 1.12. The number of nitriles is 1. The number of hydrogen-bond donors (Lipinski definition) is 1. The lowest BCUT2D eigenvalue weighted by atomic mass is 9.91. The van der Waals surface area contributed by atoms with Gasteiger partial charge in [-0.1, -0.05) is 0 Å². The molecule has 1 rings (SSSR count). The lowest BCUT2D eigenvalue weighted by Gasteiger charge is -2.37. The van der Waals surface area contributed by atoms with Crippen LogP contribution in [0.4, 0.5) is 26.3 Å². The standard InChI is InChI=1S/C11H15F6N3/c12-10(13,14)4-8-3-9(19-7-11(15,16)17)6-20(5-8)2-1-18/h8-9,19H,2-7H2. The minimum Gasteiger partial charge on any atom is -0.305 e. The Hall–Kier alpha value is -1.01. The van der Waals surface area contributed by atoms with Crippen LogP contribution in [0.1, 0.15) is 12.8 Å². The van der Waals surface area contributed by atoms with E-state index in [-0.39, 0.29) is 26.1 Å². The number of likely N-dealkylation sites (tertiary alicyclic amines) is 1. The summed E-state index contributed by atoms with van der Waals surface area (Å²) in [4.78, 5) is 1.45. The van der Waals surface area contributed by atoms with Gasteiger partial charge in [0.1, 0.15) is 0 Å². The summed E-state index contributed by atoms with van der Waals surface area (Å²) in [5.41, 5.74) is 0. The van der Waals surface area contributed by atoms with Crippen molar-refractivity contribution < 1.29 is 26.3 Å². The molecule has 0 aliphatic carbocycles. The Bertz CT molecular complexity index is 346. The van der Waals surface area contributed by atoms with E-state index >= 15 is 0 Å². The fourth-order valence-corrected chi connectivity index (χ4v) is 2.42. The first-order valence-corrected chi connectivity index (χ1v) is 6.05. The molecule has 1 aliphatic heterocycles. The Labute approximate surface area is 112 Å². The van der Waals surface area contributed by atoms with Gasteiger partial charge in [0.2, 0.25) is 0 Å². The molecule has 0 bridgehead atoms. The topological polar surface area (TPSA) is 39.1 Å². The third-order valence-corrected chi connectivity index (χ3v) is 3.02. The number of piperidine rings is 1. The van der Waals surface area contributed by atoms with Crippen molar-refractivity contribution in [3.05, 3.63) is 0 Å². The van der Waals surface area contributed by atoms with Crippen molar-refractivity contribution in [2.45, 2.75) is 31.2 Å². The molecule has 0 amide bonds. The highest BCUT2D eigenvalue weighted by atomic mass is 19.4. The largest absolute Gasteiger partial charge is 0.401 e. The van der Waals surface area contributed by atoms with Crippen molar-refractivity contribution in [3.63, 3.8) is 0 Å². The van der Waals surface area contributed by atoms with Gasteiger partial charge in [-0.2, -0.15) is 31.6 Å². The van der Waals surface area contributed by atoms with Crippen molar-refractivity contribution in [2.75, 3.05) is 26.2 Å². The predicted octanol–water partition coefficient (Wildman–Crippen LogP) is 2.30. The number of rotatable bonds is 4. The van der Waals surface area contributed by atoms with Crippen LogP contribution in [-0.2, 0) is 0 Å². The number of nitrogens with zero attached hydrogens (tertiary/aromatic N) is 2. The second-order valence-electron chi connectivity index (χ2n) is 4.97. The molecule has 1 heterocycles. The normalized spacial score (nSPS) is 25.4. The number of halogens is 6. The maximum atomic E-state index is 12.4. The van der Waals surface area contributed by atoms with Crippen LogP contribution in [-0.4, -0.2) is 49.5 Å². The van der Waals surface area contributed by atoms with Crippen LogP contribution < -0.4 is 5.32 Å². The van der Waals surface area contributed by atoms with E-state index in [0.717, 1.165) is 0 Å². The van der Waals surface area contributed by atoms with E-state index in [9.17, 15) is 26.3 Å². The quantitative estimate of drug-likeness (QED) is 0.640. The summed E-state index contributed by atoms with van der Waals surface area (Å²) in [6.45, 7) is -1.09. The first-order valence-electron chi connectivity index (χ1n) is 6.05. The fraction of sp³-hybridized carbons (Fsp3) is 0.909. The van der Waals surface area contributed by atoms with Gasteiger partial charge in [-0.15, -0.1) is 0 Å². The van der Waals surface area contributed by atoms with Crippen LogP contribution in [0.2, 0.25) is 0 Å². The number of hydrogen-bond acceptors (Lipinski definition) is 3. The molecule has 20 heavy (non-hydrogen) atoms. The molecule has 0 aromatic rings. The summed E-state index contributed by atoms with van der Waals surface area (Å²) >= 11 is 0. The van der Waals surface area contributed by atoms with Crippen LogP contribution in [0, 0.1) is 17.2 Å². The van der Waals surface area contributed by atoms with E-state index in [0.29, 0.717) is 0 Å². The zero-order valence-corrected chi connectivity index (χ0v) is 10.6. The molecule has 9 heteroatoms. The van der Waals surface area contributed by atoms with Crippen molar-refractivity contribution >= 4 is 0 Å². The highest BCUT2D eigenvalue weighted by Crippen LogP contribution is 2.30. The molecular weight excluding hydrogens is 288 g/mol. The zero-order valence-electron chi connectivity index (χ0n) is 10.6. The van der Waals surface area contributed by atoms with Crippen molar-refractivity contribution in [2.24, 2.45) is 5.92 Å². The third-order valence-electron chi connectivity index (χ3n) is 3.02. The number of nitrogens with one attached hydrogen (secondary N) is 1. The van der Waals surface area contributed by atoms with Crippen LogP contribution in [0.15, 0.2) is 0 Å². The van der Waals surface area contributed by atoms with E-state index in [1.165, 1.54) is 4.90 Å². The van der Waals surface area contributed by atoms with Gasteiger partial charge in [-0.05, 0) is 12.3 Å². The van der Waals surface area contributed by atoms with Crippen LogP contribution in [0.3, 0.4) is 0 Å². The zero-order chi connectivity index (χ0) is 15.4. The predicted molar refractivity (Wildman–Crippen MR) is 58.7 cm³/mol. The highest BCUT2D eigenvalue weighted by molar-refractivity contribution is 4.89. The smallest absolute Gasteiger partial charge is 0.305 e. The molecule has 1 aliphatic rings. The average Bonchev–Trinajstić information content (AvgIpc) is 2.23. The SMILES string of the molecule is N#CCN1CC(CC(F)(F)F)CC(NCC(F)(F)F)C1. The van der Waals surface area contributed by atoms with Gasteiger partial charge in [-0.25, -0.2) is 0 Å². The summed E-state index contributed by atoms with van der Waals surface area (Å²) in [7, 11) is 0. The van der Waals surface area contributed by atoms with Crippen molar-refractivity contribution in [3.8, 4) is 6.07 Å². The Kier molecular flexibility index (Phi) is 5.65. The molecule has 0 radical (unpaired) electrons. The second-order valence-corrected chi connectivity index (χ2v) is 4.97. The molecule has 0 aromatic carbocycles. The first-order chi connectivity index (χ1) is 9.09. The Morgan fingerprint density at radius 2 is 1.75 bits per heavy atom. The Morgan fingerprint density at radius 1 is 1.10 bits per heavy atom. The molecule has 1 fully saturated rings. The van der Waals surface area contributed by atoms with E-state index < -0.39 is 37.3 Å². The molecular formula is C11H15F6N3. The molecule has 1 N–H and O–H groups in total. The average molecular weight is 303 g/mol. The maximum absolute atomic E-state index is 12.4. The molecule has 0 saturated carbocycles. The molecule has 116 valence electrons. The monoisotopic (exact) mass is 303 g/mol. The highest BCUT2D eigenvalue weighted by Gasteiger charge is 2.37. The van der Waals surface area contributed by atoms with E-state index in [4.69, 9.17) is 5.26 Å². The lowest BCUT2D eigenvalue weighted by Crippen LogP contribution is -2.51. The molecule has 0 spiro atoms. The number of alkyl halides is 6. The molecule has 3 nitrogen and oxygen atoms in total. The summed E-state index contributed by atoms with van der Waals surface area (Å²) in [6.07, 6.45) is -9.78. The van der Waals surface area contributed by atoms with Gasteiger partial charge in [0.05, 0.1) is 19.2 Å². The summed E-state index contributed by atoms with van der Waals surface area (Å²) in [5.74, 6) is -0.789. The van der Waals surface area contributed by atoms with Crippen molar-refractivity contribution in [1.82, 2.24) is 10.2 Å². The van der Waals surface area contributed by atoms with E-state index in [1.54, 1.807) is 0 Å². The molecule has 2 unspecified atom stereocenters.